The van der Waals surface area contributed by atoms with Crippen LogP contribution in [0.4, 0.5) is 0 Å². The molecule has 0 radical (unpaired) electrons. The van der Waals surface area contributed by atoms with Crippen molar-refractivity contribution in [2.24, 2.45) is 0 Å². The fourth-order valence-corrected chi connectivity index (χ4v) is 2.36. The van der Waals surface area contributed by atoms with Gasteiger partial charge in [0.15, 0.2) is 0 Å². The zero-order valence-electron chi connectivity index (χ0n) is 11.0. The number of hydrogen-bond donors (Lipinski definition) is 1. The summed E-state index contributed by atoms with van der Waals surface area (Å²) in [5.74, 6) is -0.813. The minimum atomic E-state index is -0.813. The lowest BCUT2D eigenvalue weighted by Gasteiger charge is -2.07. The summed E-state index contributed by atoms with van der Waals surface area (Å²) in [6.07, 6.45) is 1.95. The number of benzene rings is 1. The number of hydrogen-bond acceptors (Lipinski definition) is 2. The summed E-state index contributed by atoms with van der Waals surface area (Å²) in [7, 11) is 4.02. The van der Waals surface area contributed by atoms with Crippen molar-refractivity contribution in [3.05, 3.63) is 35.5 Å². The van der Waals surface area contributed by atoms with Gasteiger partial charge >= 0.3 is 5.97 Å². The Hall–Kier alpha value is -1.81. The monoisotopic (exact) mass is 246 g/mol. The molecule has 0 bridgehead atoms. The maximum absolute atomic E-state index is 10.9. The van der Waals surface area contributed by atoms with Crippen LogP contribution in [-0.2, 0) is 17.9 Å². The second kappa shape index (κ2) is 4.82. The van der Waals surface area contributed by atoms with Gasteiger partial charge in [-0.2, -0.15) is 0 Å². The van der Waals surface area contributed by atoms with Gasteiger partial charge in [-0.05, 0) is 32.1 Å². The molecule has 18 heavy (non-hydrogen) atoms. The van der Waals surface area contributed by atoms with Crippen LogP contribution in [0, 0.1) is 6.92 Å². The molecule has 0 aliphatic carbocycles. The third-order valence-electron chi connectivity index (χ3n) is 2.97. The molecule has 2 aromatic rings. The highest BCUT2D eigenvalue weighted by Gasteiger charge is 2.12. The van der Waals surface area contributed by atoms with Gasteiger partial charge in [-0.1, -0.05) is 18.2 Å². The van der Waals surface area contributed by atoms with Crippen molar-refractivity contribution < 1.29 is 9.90 Å². The van der Waals surface area contributed by atoms with Gasteiger partial charge in [0.05, 0.1) is 5.52 Å². The predicted molar refractivity (Wildman–Crippen MR) is 71.7 cm³/mol. The van der Waals surface area contributed by atoms with Crippen molar-refractivity contribution in [3.63, 3.8) is 0 Å². The number of fused-ring (bicyclic) bond motifs is 1. The first-order chi connectivity index (χ1) is 8.49. The van der Waals surface area contributed by atoms with E-state index in [0.29, 0.717) is 0 Å². The molecule has 1 N–H and O–H groups in total. The van der Waals surface area contributed by atoms with Crippen LogP contribution < -0.4 is 0 Å². The topological polar surface area (TPSA) is 45.5 Å². The quantitative estimate of drug-likeness (QED) is 0.898. The molecule has 0 aliphatic rings. The first kappa shape index (κ1) is 12.6. The molecule has 0 aliphatic heterocycles. The van der Waals surface area contributed by atoms with Crippen LogP contribution in [-0.4, -0.2) is 34.6 Å². The van der Waals surface area contributed by atoms with Crippen LogP contribution in [0.1, 0.15) is 11.1 Å². The van der Waals surface area contributed by atoms with Gasteiger partial charge in [0, 0.05) is 18.1 Å². The number of carbonyl (C=O) groups is 1. The SMILES string of the molecule is Cc1cccc2c(CN(C)C)cn(CC(=O)O)c12. The number of aromatic nitrogens is 1. The maximum atomic E-state index is 10.9. The molecular weight excluding hydrogens is 228 g/mol. The molecule has 1 aromatic heterocycles. The molecule has 1 aromatic carbocycles. The number of aliphatic carboxylic acids is 1. The largest absolute Gasteiger partial charge is 0.480 e. The third-order valence-corrected chi connectivity index (χ3v) is 2.97. The fourth-order valence-electron chi connectivity index (χ4n) is 2.36. The maximum Gasteiger partial charge on any atom is 0.323 e. The highest BCUT2D eigenvalue weighted by Crippen LogP contribution is 2.25. The Morgan fingerprint density at radius 3 is 2.72 bits per heavy atom. The van der Waals surface area contributed by atoms with E-state index in [9.17, 15) is 4.79 Å². The Labute approximate surface area is 106 Å². The average molecular weight is 246 g/mol. The second-order valence-electron chi connectivity index (χ2n) is 4.88. The van der Waals surface area contributed by atoms with E-state index in [4.69, 9.17) is 5.11 Å². The van der Waals surface area contributed by atoms with Crippen LogP contribution in [0.5, 0.6) is 0 Å². The van der Waals surface area contributed by atoms with Crippen LogP contribution in [0.15, 0.2) is 24.4 Å². The number of para-hydroxylation sites is 1. The zero-order chi connectivity index (χ0) is 13.3. The van der Waals surface area contributed by atoms with Crippen molar-refractivity contribution in [2.45, 2.75) is 20.0 Å². The number of aryl methyl sites for hydroxylation is 1. The van der Waals surface area contributed by atoms with E-state index in [2.05, 4.69) is 11.0 Å². The number of carboxylic acid groups (broad SMARTS) is 1. The third kappa shape index (κ3) is 2.38. The lowest BCUT2D eigenvalue weighted by atomic mass is 10.1. The first-order valence-corrected chi connectivity index (χ1v) is 5.93. The average Bonchev–Trinajstić information content (AvgIpc) is 2.56. The van der Waals surface area contributed by atoms with Gasteiger partial charge in [-0.3, -0.25) is 4.79 Å². The molecule has 2 rings (SSSR count). The minimum absolute atomic E-state index is 0.00871. The Bertz CT molecular complexity index is 585. The standard InChI is InChI=1S/C14H18N2O2/c1-10-5-4-6-12-11(7-15(2)3)8-16(14(10)12)9-13(17)18/h4-6,8H,7,9H2,1-3H3,(H,17,18). The summed E-state index contributed by atoms with van der Waals surface area (Å²) in [5.41, 5.74) is 3.30. The summed E-state index contributed by atoms with van der Waals surface area (Å²) in [6.45, 7) is 2.83. The van der Waals surface area contributed by atoms with E-state index in [1.54, 1.807) is 0 Å². The van der Waals surface area contributed by atoms with Crippen LogP contribution in [0.25, 0.3) is 10.9 Å². The lowest BCUT2D eigenvalue weighted by Crippen LogP contribution is -2.10. The van der Waals surface area contributed by atoms with Gasteiger partial charge in [0.1, 0.15) is 6.54 Å². The van der Waals surface area contributed by atoms with E-state index >= 15 is 0 Å². The van der Waals surface area contributed by atoms with Crippen molar-refractivity contribution in [2.75, 3.05) is 14.1 Å². The van der Waals surface area contributed by atoms with E-state index in [1.807, 2.05) is 43.9 Å². The summed E-state index contributed by atoms with van der Waals surface area (Å²) >= 11 is 0. The number of rotatable bonds is 4. The van der Waals surface area contributed by atoms with Crippen molar-refractivity contribution in [3.8, 4) is 0 Å². The van der Waals surface area contributed by atoms with Crippen LogP contribution in [0.2, 0.25) is 0 Å². The molecule has 4 nitrogen and oxygen atoms in total. The van der Waals surface area contributed by atoms with E-state index in [-0.39, 0.29) is 6.54 Å². The van der Waals surface area contributed by atoms with E-state index < -0.39 is 5.97 Å². The Balaban J connectivity index is 2.59. The molecule has 0 saturated heterocycles. The summed E-state index contributed by atoms with van der Waals surface area (Å²) in [4.78, 5) is 13.0. The highest BCUT2D eigenvalue weighted by molar-refractivity contribution is 5.87. The fraction of sp³-hybridized carbons (Fsp3) is 0.357. The van der Waals surface area contributed by atoms with E-state index in [1.165, 1.54) is 5.56 Å². The van der Waals surface area contributed by atoms with Crippen LogP contribution in [0.3, 0.4) is 0 Å². The molecule has 0 atom stereocenters. The molecule has 0 amide bonds. The summed E-state index contributed by atoms with van der Waals surface area (Å²) in [5, 5.41) is 10.1. The molecule has 96 valence electrons. The molecular formula is C14H18N2O2. The molecule has 0 spiro atoms. The van der Waals surface area contributed by atoms with E-state index in [0.717, 1.165) is 23.0 Å². The van der Waals surface area contributed by atoms with Gasteiger partial charge in [0.2, 0.25) is 0 Å². The molecule has 0 saturated carbocycles. The van der Waals surface area contributed by atoms with Gasteiger partial charge < -0.3 is 14.6 Å². The first-order valence-electron chi connectivity index (χ1n) is 5.93. The molecule has 1 heterocycles. The van der Waals surface area contributed by atoms with Gasteiger partial charge in [0.25, 0.3) is 0 Å². The van der Waals surface area contributed by atoms with Crippen molar-refractivity contribution in [1.82, 2.24) is 9.47 Å². The number of carboxylic acids is 1. The zero-order valence-corrected chi connectivity index (χ0v) is 11.0. The second-order valence-corrected chi connectivity index (χ2v) is 4.88. The predicted octanol–water partition coefficient (Wildman–Crippen LogP) is 2.10. The Kier molecular flexibility index (Phi) is 3.39. The lowest BCUT2D eigenvalue weighted by molar-refractivity contribution is -0.137. The minimum Gasteiger partial charge on any atom is -0.480 e. The molecule has 0 fully saturated rings. The normalized spacial score (nSPS) is 11.3. The Morgan fingerprint density at radius 2 is 2.11 bits per heavy atom. The Morgan fingerprint density at radius 1 is 1.39 bits per heavy atom. The highest BCUT2D eigenvalue weighted by atomic mass is 16.4. The van der Waals surface area contributed by atoms with Crippen molar-refractivity contribution >= 4 is 16.9 Å². The number of nitrogens with zero attached hydrogens (tertiary/aromatic N) is 2. The summed E-state index contributed by atoms with van der Waals surface area (Å²) in [6, 6.07) is 6.08. The smallest absolute Gasteiger partial charge is 0.323 e. The molecule has 0 unspecified atom stereocenters. The van der Waals surface area contributed by atoms with Gasteiger partial charge in [-0.15, -0.1) is 0 Å². The van der Waals surface area contributed by atoms with Crippen molar-refractivity contribution in [1.29, 1.82) is 0 Å². The molecule has 4 heteroatoms. The summed E-state index contributed by atoms with van der Waals surface area (Å²) < 4.78 is 1.83. The van der Waals surface area contributed by atoms with Gasteiger partial charge in [-0.25, -0.2) is 0 Å². The van der Waals surface area contributed by atoms with Crippen LogP contribution >= 0.6 is 0 Å².